The van der Waals surface area contributed by atoms with Gasteiger partial charge in [0.1, 0.15) is 0 Å². The molecule has 10 heteroatoms. The van der Waals surface area contributed by atoms with Crippen LogP contribution in [-0.2, 0) is 23.6 Å². The molecular weight excluding hydrogens is 567 g/mol. The maximum atomic E-state index is 13.9. The first-order valence-corrected chi connectivity index (χ1v) is 16.2. The van der Waals surface area contributed by atoms with Crippen molar-refractivity contribution in [3.8, 4) is 22.6 Å². The molecule has 5 aromatic rings. The lowest BCUT2D eigenvalue weighted by Gasteiger charge is -2.18. The molecule has 0 aliphatic carbocycles. The van der Waals surface area contributed by atoms with Gasteiger partial charge in [0, 0.05) is 43.1 Å². The number of ketones is 1. The SMILES string of the molecule is C=CCn1c(SCC(=O)c2c(-c3ccccc3)n(C)c3ccccc23)nnc1-c1cccc(S(=O)(=O)N(CC)CC)c1. The molecule has 0 saturated heterocycles. The number of aryl methyl sites for hydroxylation is 1. The van der Waals surface area contributed by atoms with E-state index in [9.17, 15) is 13.2 Å². The molecule has 5 rings (SSSR count). The predicted molar refractivity (Wildman–Crippen MR) is 169 cm³/mol. The van der Waals surface area contributed by atoms with Gasteiger partial charge in [0.25, 0.3) is 0 Å². The first-order valence-electron chi connectivity index (χ1n) is 13.7. The van der Waals surface area contributed by atoms with Gasteiger partial charge in [-0.15, -0.1) is 16.8 Å². The van der Waals surface area contributed by atoms with Crippen LogP contribution in [0.3, 0.4) is 0 Å². The van der Waals surface area contributed by atoms with Gasteiger partial charge < -0.3 is 4.57 Å². The van der Waals surface area contributed by atoms with Crippen LogP contribution in [0.15, 0.2) is 102 Å². The molecule has 0 aliphatic heterocycles. The third-order valence-corrected chi connectivity index (χ3v) is 10.2. The highest BCUT2D eigenvalue weighted by Gasteiger charge is 2.25. The van der Waals surface area contributed by atoms with E-state index in [4.69, 9.17) is 0 Å². The Morgan fingerprint density at radius 3 is 2.36 bits per heavy atom. The van der Waals surface area contributed by atoms with Gasteiger partial charge in [0.05, 0.1) is 21.9 Å². The van der Waals surface area contributed by atoms with E-state index in [1.807, 2.05) is 86.1 Å². The maximum Gasteiger partial charge on any atom is 0.243 e. The molecule has 3 aromatic carbocycles. The minimum absolute atomic E-state index is 0.0160. The average Bonchev–Trinajstić information content (AvgIpc) is 3.55. The number of para-hydroxylation sites is 1. The Kier molecular flexibility index (Phi) is 8.77. The number of sulfonamides is 1. The lowest BCUT2D eigenvalue weighted by molar-refractivity contribution is 0.102. The molecule has 0 atom stereocenters. The number of carbonyl (C=O) groups excluding carboxylic acids is 1. The third kappa shape index (κ3) is 5.45. The zero-order valence-corrected chi connectivity index (χ0v) is 25.5. The van der Waals surface area contributed by atoms with E-state index in [0.717, 1.165) is 22.2 Å². The fourth-order valence-electron chi connectivity index (χ4n) is 5.22. The van der Waals surface area contributed by atoms with Gasteiger partial charge in [-0.1, -0.05) is 92.3 Å². The molecule has 0 amide bonds. The van der Waals surface area contributed by atoms with E-state index >= 15 is 0 Å². The maximum absolute atomic E-state index is 13.9. The van der Waals surface area contributed by atoms with Crippen LogP contribution in [0.2, 0.25) is 0 Å². The number of fused-ring (bicyclic) bond motifs is 1. The highest BCUT2D eigenvalue weighted by atomic mass is 32.2. The number of carbonyl (C=O) groups is 1. The fourth-order valence-corrected chi connectivity index (χ4v) is 7.55. The normalized spacial score (nSPS) is 11.8. The largest absolute Gasteiger partial charge is 0.343 e. The van der Waals surface area contributed by atoms with E-state index in [1.165, 1.54) is 16.1 Å². The summed E-state index contributed by atoms with van der Waals surface area (Å²) in [6.45, 7) is 8.68. The zero-order valence-electron chi connectivity index (χ0n) is 23.9. The molecule has 0 fully saturated rings. The van der Waals surface area contributed by atoms with Gasteiger partial charge >= 0.3 is 0 Å². The summed E-state index contributed by atoms with van der Waals surface area (Å²) in [6, 6.07) is 24.6. The number of benzene rings is 3. The highest BCUT2D eigenvalue weighted by molar-refractivity contribution is 7.99. The van der Waals surface area contributed by atoms with Crippen molar-refractivity contribution >= 4 is 38.5 Å². The monoisotopic (exact) mass is 599 g/mol. The van der Waals surface area contributed by atoms with Crippen LogP contribution >= 0.6 is 11.8 Å². The molecule has 42 heavy (non-hydrogen) atoms. The lowest BCUT2D eigenvalue weighted by atomic mass is 10.0. The Balaban J connectivity index is 1.48. The molecule has 2 aromatic heterocycles. The van der Waals surface area contributed by atoms with Crippen molar-refractivity contribution in [3.63, 3.8) is 0 Å². The van der Waals surface area contributed by atoms with Crippen LogP contribution in [-0.4, -0.2) is 56.7 Å². The average molecular weight is 600 g/mol. The van der Waals surface area contributed by atoms with Crippen molar-refractivity contribution in [1.29, 1.82) is 0 Å². The molecule has 0 N–H and O–H groups in total. The van der Waals surface area contributed by atoms with Crippen molar-refractivity contribution < 1.29 is 13.2 Å². The second-order valence-electron chi connectivity index (χ2n) is 9.70. The van der Waals surface area contributed by atoms with Crippen LogP contribution in [0.25, 0.3) is 33.5 Å². The second-order valence-corrected chi connectivity index (χ2v) is 12.6. The molecule has 0 aliphatic rings. The molecule has 0 unspecified atom stereocenters. The summed E-state index contributed by atoms with van der Waals surface area (Å²) in [5, 5.41) is 10.3. The van der Waals surface area contributed by atoms with E-state index in [0.29, 0.717) is 41.7 Å². The van der Waals surface area contributed by atoms with Gasteiger partial charge in [-0.05, 0) is 23.8 Å². The van der Waals surface area contributed by atoms with Crippen molar-refractivity contribution in [2.45, 2.75) is 30.4 Å². The number of aromatic nitrogens is 4. The first-order chi connectivity index (χ1) is 20.3. The van der Waals surface area contributed by atoms with Crippen molar-refractivity contribution in [1.82, 2.24) is 23.6 Å². The van der Waals surface area contributed by atoms with Crippen LogP contribution in [0.1, 0.15) is 24.2 Å². The number of hydrogen-bond acceptors (Lipinski definition) is 6. The van der Waals surface area contributed by atoms with Crippen molar-refractivity contribution in [2.75, 3.05) is 18.8 Å². The second kappa shape index (κ2) is 12.5. The molecule has 8 nitrogen and oxygen atoms in total. The van der Waals surface area contributed by atoms with Gasteiger partial charge in [-0.3, -0.25) is 9.36 Å². The van der Waals surface area contributed by atoms with Gasteiger partial charge in [-0.2, -0.15) is 4.31 Å². The van der Waals surface area contributed by atoms with E-state index < -0.39 is 10.0 Å². The lowest BCUT2D eigenvalue weighted by Crippen LogP contribution is -2.30. The summed E-state index contributed by atoms with van der Waals surface area (Å²) in [5.74, 6) is 0.647. The summed E-state index contributed by atoms with van der Waals surface area (Å²) in [7, 11) is -1.66. The summed E-state index contributed by atoms with van der Waals surface area (Å²) >= 11 is 1.31. The van der Waals surface area contributed by atoms with Gasteiger partial charge in [0.15, 0.2) is 16.8 Å². The van der Waals surface area contributed by atoms with E-state index in [1.54, 1.807) is 24.3 Å². The molecule has 0 bridgehead atoms. The fraction of sp³-hybridized carbons (Fsp3) is 0.219. The first kappa shape index (κ1) is 29.5. The number of nitrogens with zero attached hydrogens (tertiary/aromatic N) is 5. The van der Waals surface area contributed by atoms with E-state index in [-0.39, 0.29) is 16.4 Å². The summed E-state index contributed by atoms with van der Waals surface area (Å²) < 4.78 is 31.7. The Morgan fingerprint density at radius 1 is 0.952 bits per heavy atom. The topological polar surface area (TPSA) is 90.1 Å². The minimum atomic E-state index is -3.64. The van der Waals surface area contributed by atoms with Crippen molar-refractivity contribution in [3.05, 3.63) is 97.1 Å². The highest BCUT2D eigenvalue weighted by Crippen LogP contribution is 2.35. The molecule has 2 heterocycles. The minimum Gasteiger partial charge on any atom is -0.343 e. The number of allylic oxidation sites excluding steroid dienone is 1. The zero-order chi connectivity index (χ0) is 29.9. The van der Waals surface area contributed by atoms with Crippen LogP contribution in [0, 0.1) is 0 Å². The van der Waals surface area contributed by atoms with Crippen LogP contribution < -0.4 is 0 Å². The smallest absolute Gasteiger partial charge is 0.243 e. The Hall–Kier alpha value is -3.99. The third-order valence-electron chi connectivity index (χ3n) is 7.23. The van der Waals surface area contributed by atoms with Crippen LogP contribution in [0.5, 0.6) is 0 Å². The molecule has 0 saturated carbocycles. The molecular formula is C32H33N5O3S2. The molecule has 0 radical (unpaired) electrons. The summed E-state index contributed by atoms with van der Waals surface area (Å²) in [4.78, 5) is 14.1. The number of Topliss-reactive ketones (excluding diaryl/α,β-unsaturated/α-hetero) is 1. The van der Waals surface area contributed by atoms with Gasteiger partial charge in [-0.25, -0.2) is 8.42 Å². The Labute approximate surface area is 250 Å². The van der Waals surface area contributed by atoms with Gasteiger partial charge in [0.2, 0.25) is 10.0 Å². The quantitative estimate of drug-likeness (QED) is 0.0951. The number of thioether (sulfide) groups is 1. The molecule has 216 valence electrons. The Morgan fingerprint density at radius 2 is 1.64 bits per heavy atom. The predicted octanol–water partition coefficient (Wildman–Crippen LogP) is 6.30. The van der Waals surface area contributed by atoms with Crippen molar-refractivity contribution in [2.24, 2.45) is 7.05 Å². The number of rotatable bonds is 12. The summed E-state index contributed by atoms with van der Waals surface area (Å²) in [5.41, 5.74) is 4.14. The number of hydrogen-bond donors (Lipinski definition) is 0. The summed E-state index contributed by atoms with van der Waals surface area (Å²) in [6.07, 6.45) is 1.73. The van der Waals surface area contributed by atoms with Crippen LogP contribution in [0.4, 0.5) is 0 Å². The Bertz CT molecular complexity index is 1860. The van der Waals surface area contributed by atoms with E-state index in [2.05, 4.69) is 21.3 Å². The standard InChI is InChI=1S/C32H33N5O3S2/c1-5-20-37-31(24-16-13-17-25(21-24)42(39,40)36(6-2)7-3)33-34-32(37)41-22-28(38)29-26-18-11-12-19-27(26)35(4)30(29)23-14-9-8-10-15-23/h5,8-19,21H,1,6-7,20,22H2,2-4H3. The molecule has 0 spiro atoms.